The SMILES string of the molecule is O=C1CC(N2C(=O)c3ccc(NC(=O)C4CC(F)(F)C4)cc3C2=O)C(=O)N1. The third-order valence-corrected chi connectivity index (χ3v) is 4.90. The van der Waals surface area contributed by atoms with E-state index in [2.05, 4.69) is 5.32 Å². The average molecular weight is 377 g/mol. The van der Waals surface area contributed by atoms with Crippen molar-refractivity contribution in [3.05, 3.63) is 29.3 Å². The van der Waals surface area contributed by atoms with E-state index in [0.717, 1.165) is 4.90 Å². The predicted octanol–water partition coefficient (Wildman–Crippen LogP) is 0.682. The number of amides is 5. The summed E-state index contributed by atoms with van der Waals surface area (Å²) in [6, 6.07) is 2.75. The second kappa shape index (κ2) is 5.66. The summed E-state index contributed by atoms with van der Waals surface area (Å²) in [6.07, 6.45) is -1.36. The fourth-order valence-electron chi connectivity index (χ4n) is 3.46. The van der Waals surface area contributed by atoms with Crippen molar-refractivity contribution in [2.75, 3.05) is 5.32 Å². The Morgan fingerprint density at radius 1 is 1.11 bits per heavy atom. The number of nitrogens with zero attached hydrogens (tertiary/aromatic N) is 1. The predicted molar refractivity (Wildman–Crippen MR) is 84.8 cm³/mol. The quantitative estimate of drug-likeness (QED) is 0.753. The van der Waals surface area contributed by atoms with Gasteiger partial charge in [-0.2, -0.15) is 0 Å². The summed E-state index contributed by atoms with van der Waals surface area (Å²) in [5, 5.41) is 4.50. The molecule has 2 fully saturated rings. The van der Waals surface area contributed by atoms with Crippen molar-refractivity contribution < 1.29 is 32.8 Å². The molecule has 3 aliphatic rings. The fourth-order valence-corrected chi connectivity index (χ4v) is 3.46. The molecule has 140 valence electrons. The number of halogens is 2. The maximum atomic E-state index is 12.9. The summed E-state index contributed by atoms with van der Waals surface area (Å²) >= 11 is 0. The van der Waals surface area contributed by atoms with E-state index in [0.29, 0.717) is 0 Å². The Morgan fingerprint density at radius 2 is 1.78 bits per heavy atom. The van der Waals surface area contributed by atoms with E-state index in [1.54, 1.807) is 0 Å². The van der Waals surface area contributed by atoms with Gasteiger partial charge in [-0.3, -0.25) is 34.2 Å². The summed E-state index contributed by atoms with van der Waals surface area (Å²) in [5.74, 6) is -6.99. The van der Waals surface area contributed by atoms with E-state index >= 15 is 0 Å². The number of carbonyl (C=O) groups excluding carboxylic acids is 5. The van der Waals surface area contributed by atoms with Crippen LogP contribution in [0.25, 0.3) is 0 Å². The van der Waals surface area contributed by atoms with E-state index in [9.17, 15) is 32.8 Å². The lowest BCUT2D eigenvalue weighted by Crippen LogP contribution is -2.44. The maximum Gasteiger partial charge on any atom is 0.262 e. The summed E-state index contributed by atoms with van der Waals surface area (Å²) < 4.78 is 25.8. The molecule has 2 N–H and O–H groups in total. The molecule has 2 heterocycles. The molecule has 0 bridgehead atoms. The molecular formula is C17H13F2N3O5. The van der Waals surface area contributed by atoms with Crippen LogP contribution in [0.2, 0.25) is 0 Å². The molecular weight excluding hydrogens is 364 g/mol. The second-order valence-electron chi connectivity index (χ2n) is 6.82. The van der Waals surface area contributed by atoms with Gasteiger partial charge in [0, 0.05) is 24.4 Å². The number of benzene rings is 1. The van der Waals surface area contributed by atoms with Gasteiger partial charge in [0.15, 0.2) is 0 Å². The largest absolute Gasteiger partial charge is 0.326 e. The molecule has 1 unspecified atom stereocenters. The fraction of sp³-hybridized carbons (Fsp3) is 0.353. The average Bonchev–Trinajstić information content (AvgIpc) is 3.01. The Labute approximate surface area is 150 Å². The highest BCUT2D eigenvalue weighted by Gasteiger charge is 2.49. The van der Waals surface area contributed by atoms with Gasteiger partial charge in [0.25, 0.3) is 11.8 Å². The van der Waals surface area contributed by atoms with Gasteiger partial charge in [-0.1, -0.05) is 0 Å². The van der Waals surface area contributed by atoms with Crippen LogP contribution >= 0.6 is 0 Å². The zero-order valence-electron chi connectivity index (χ0n) is 13.8. The monoisotopic (exact) mass is 377 g/mol. The van der Waals surface area contributed by atoms with Crippen LogP contribution < -0.4 is 10.6 Å². The Balaban J connectivity index is 1.53. The van der Waals surface area contributed by atoms with Gasteiger partial charge >= 0.3 is 0 Å². The number of fused-ring (bicyclic) bond motifs is 1. The highest BCUT2D eigenvalue weighted by Crippen LogP contribution is 2.42. The van der Waals surface area contributed by atoms with E-state index in [-0.39, 0.29) is 23.2 Å². The molecule has 4 rings (SSSR count). The number of hydrogen-bond donors (Lipinski definition) is 2. The van der Waals surface area contributed by atoms with Crippen LogP contribution in [-0.2, 0) is 14.4 Å². The molecule has 1 saturated heterocycles. The first-order chi connectivity index (χ1) is 12.7. The summed E-state index contributed by atoms with van der Waals surface area (Å²) in [7, 11) is 0. The topological polar surface area (TPSA) is 113 Å². The Morgan fingerprint density at radius 3 is 2.37 bits per heavy atom. The number of carbonyl (C=O) groups is 5. The van der Waals surface area contributed by atoms with Crippen molar-refractivity contribution in [1.29, 1.82) is 0 Å². The van der Waals surface area contributed by atoms with Gasteiger partial charge in [0.2, 0.25) is 23.6 Å². The molecule has 0 radical (unpaired) electrons. The van der Waals surface area contributed by atoms with E-state index in [1.807, 2.05) is 5.32 Å². The van der Waals surface area contributed by atoms with Crippen LogP contribution in [0.4, 0.5) is 14.5 Å². The Bertz CT molecular complexity index is 921. The van der Waals surface area contributed by atoms with Crippen molar-refractivity contribution in [3.8, 4) is 0 Å². The van der Waals surface area contributed by atoms with Crippen LogP contribution in [0, 0.1) is 5.92 Å². The van der Waals surface area contributed by atoms with Gasteiger partial charge in [0.05, 0.1) is 17.5 Å². The van der Waals surface area contributed by atoms with Crippen LogP contribution in [0.3, 0.4) is 0 Å². The molecule has 10 heteroatoms. The van der Waals surface area contributed by atoms with Gasteiger partial charge in [-0.05, 0) is 18.2 Å². The maximum absolute atomic E-state index is 12.9. The molecule has 0 aromatic heterocycles. The summed E-state index contributed by atoms with van der Waals surface area (Å²) in [4.78, 5) is 60.9. The standard InChI is InChI=1S/C17H13F2N3O5/c18-17(19)5-7(6-17)13(24)20-8-1-2-9-10(3-8)16(27)22(15(9)26)11-4-12(23)21-14(11)25/h1-3,7,11H,4-6H2,(H,20,24)(H,21,23,25). The molecule has 2 aliphatic heterocycles. The third kappa shape index (κ3) is 2.77. The highest BCUT2D eigenvalue weighted by molar-refractivity contribution is 6.24. The Hall–Kier alpha value is -3.17. The van der Waals surface area contributed by atoms with Crippen molar-refractivity contribution >= 4 is 35.2 Å². The van der Waals surface area contributed by atoms with Crippen molar-refractivity contribution in [3.63, 3.8) is 0 Å². The molecule has 1 saturated carbocycles. The van der Waals surface area contributed by atoms with Gasteiger partial charge in [-0.25, -0.2) is 8.78 Å². The Kier molecular flexibility index (Phi) is 3.62. The number of alkyl halides is 2. The smallest absolute Gasteiger partial charge is 0.262 e. The zero-order valence-corrected chi connectivity index (χ0v) is 13.8. The van der Waals surface area contributed by atoms with E-state index in [4.69, 9.17) is 0 Å². The van der Waals surface area contributed by atoms with Crippen LogP contribution in [-0.4, -0.2) is 46.4 Å². The van der Waals surface area contributed by atoms with Gasteiger partial charge in [-0.15, -0.1) is 0 Å². The molecule has 1 aromatic carbocycles. The minimum Gasteiger partial charge on any atom is -0.326 e. The summed E-state index contributed by atoms with van der Waals surface area (Å²) in [6.45, 7) is 0. The van der Waals surface area contributed by atoms with Crippen LogP contribution in [0.15, 0.2) is 18.2 Å². The number of hydrogen-bond acceptors (Lipinski definition) is 5. The first-order valence-electron chi connectivity index (χ1n) is 8.20. The summed E-state index contributed by atoms with van der Waals surface area (Å²) in [5.41, 5.74) is 0.202. The van der Waals surface area contributed by atoms with E-state index < -0.39 is 60.3 Å². The van der Waals surface area contributed by atoms with Crippen LogP contribution in [0.5, 0.6) is 0 Å². The second-order valence-corrected chi connectivity index (χ2v) is 6.82. The van der Waals surface area contributed by atoms with E-state index in [1.165, 1.54) is 18.2 Å². The van der Waals surface area contributed by atoms with Crippen molar-refractivity contribution in [2.24, 2.45) is 5.92 Å². The highest BCUT2D eigenvalue weighted by atomic mass is 19.3. The molecule has 0 spiro atoms. The number of nitrogens with one attached hydrogen (secondary N) is 2. The lowest BCUT2D eigenvalue weighted by atomic mass is 9.81. The lowest BCUT2D eigenvalue weighted by Gasteiger charge is -2.33. The normalized spacial score (nSPS) is 23.9. The number of rotatable bonds is 3. The third-order valence-electron chi connectivity index (χ3n) is 4.90. The molecule has 1 aromatic rings. The molecule has 5 amide bonds. The first-order valence-corrected chi connectivity index (χ1v) is 8.20. The van der Waals surface area contributed by atoms with Gasteiger partial charge < -0.3 is 5.32 Å². The van der Waals surface area contributed by atoms with Gasteiger partial charge in [0.1, 0.15) is 6.04 Å². The molecule has 1 atom stereocenters. The molecule has 27 heavy (non-hydrogen) atoms. The lowest BCUT2D eigenvalue weighted by molar-refractivity contribution is -0.145. The van der Waals surface area contributed by atoms with Crippen molar-refractivity contribution in [1.82, 2.24) is 10.2 Å². The first kappa shape index (κ1) is 17.3. The number of imide groups is 2. The van der Waals surface area contributed by atoms with Crippen molar-refractivity contribution in [2.45, 2.75) is 31.2 Å². The molecule has 1 aliphatic carbocycles. The minimum absolute atomic E-state index is 0.0242. The zero-order chi connectivity index (χ0) is 19.5. The number of anilines is 1. The minimum atomic E-state index is -2.83. The van der Waals surface area contributed by atoms with Crippen LogP contribution in [0.1, 0.15) is 40.0 Å². The molecule has 8 nitrogen and oxygen atoms in total.